The topological polar surface area (TPSA) is 102 Å². The van der Waals surface area contributed by atoms with E-state index in [0.29, 0.717) is 42.9 Å². The summed E-state index contributed by atoms with van der Waals surface area (Å²) < 4.78 is 41.2. The van der Waals surface area contributed by atoms with E-state index < -0.39 is 28.9 Å². The molecule has 11 heteroatoms. The fourth-order valence-corrected chi connectivity index (χ4v) is 4.07. The highest BCUT2D eigenvalue weighted by molar-refractivity contribution is 5.94. The molecule has 2 heterocycles. The van der Waals surface area contributed by atoms with Crippen LogP contribution in [0.5, 0.6) is 0 Å². The van der Waals surface area contributed by atoms with Gasteiger partial charge in [0, 0.05) is 29.8 Å². The van der Waals surface area contributed by atoms with Crippen LogP contribution in [0.15, 0.2) is 58.1 Å². The maximum atomic E-state index is 12.9. The van der Waals surface area contributed by atoms with Gasteiger partial charge in [-0.25, -0.2) is 9.78 Å². The number of amides is 1. The van der Waals surface area contributed by atoms with Gasteiger partial charge in [0.05, 0.1) is 12.1 Å². The predicted molar refractivity (Wildman–Crippen MR) is 141 cm³/mol. The van der Waals surface area contributed by atoms with Crippen molar-refractivity contribution in [2.75, 3.05) is 6.54 Å². The Labute approximate surface area is 221 Å². The van der Waals surface area contributed by atoms with Crippen LogP contribution in [0, 0.1) is 11.8 Å². The van der Waals surface area contributed by atoms with Crippen LogP contribution in [0.2, 0.25) is 0 Å². The molecule has 0 radical (unpaired) electrons. The molecule has 2 aromatic heterocycles. The Morgan fingerprint density at radius 2 is 1.72 bits per heavy atom. The maximum absolute atomic E-state index is 12.9. The Balaban J connectivity index is 1.50. The number of nitrogens with zero attached hydrogens (tertiary/aromatic N) is 3. The standard InChI is InChI=1S/C28H26F3N5O3/c1-3-15-35-24-22(26(38)36(16-4-2)27(35)39)33-23(34-24)19-10-12-20(13-11-19)25(37)32-14-6-8-18-7-5-9-21(17-18)28(29,30)31/h5,7,9-13,17H,3-4,14-16H2,1-2H3,(H,32,37)(H,33,34). The Kier molecular flexibility index (Phi) is 8.04. The number of aromatic amines is 1. The number of H-pyrrole nitrogens is 1. The smallest absolute Gasteiger partial charge is 0.341 e. The van der Waals surface area contributed by atoms with Gasteiger partial charge < -0.3 is 10.3 Å². The zero-order chi connectivity index (χ0) is 28.2. The highest BCUT2D eigenvalue weighted by Gasteiger charge is 2.30. The van der Waals surface area contributed by atoms with E-state index in [1.807, 2.05) is 13.8 Å². The number of imidazole rings is 1. The van der Waals surface area contributed by atoms with E-state index in [1.54, 1.807) is 24.3 Å². The van der Waals surface area contributed by atoms with Gasteiger partial charge in [-0.15, -0.1) is 0 Å². The highest BCUT2D eigenvalue weighted by atomic mass is 19.4. The van der Waals surface area contributed by atoms with Gasteiger partial charge in [0.1, 0.15) is 11.3 Å². The quantitative estimate of drug-likeness (QED) is 0.346. The van der Waals surface area contributed by atoms with Gasteiger partial charge in [-0.2, -0.15) is 13.2 Å². The average molecular weight is 538 g/mol. The molecule has 0 fully saturated rings. The number of hydrogen-bond donors (Lipinski definition) is 2. The Hall–Kier alpha value is -4.59. The van der Waals surface area contributed by atoms with Crippen LogP contribution in [-0.2, 0) is 19.3 Å². The zero-order valence-electron chi connectivity index (χ0n) is 21.4. The van der Waals surface area contributed by atoms with Gasteiger partial charge >= 0.3 is 11.9 Å². The molecule has 1 amide bonds. The van der Waals surface area contributed by atoms with Gasteiger partial charge in [0.25, 0.3) is 11.5 Å². The molecule has 4 rings (SSSR count). The second-order valence-electron chi connectivity index (χ2n) is 8.82. The fourth-order valence-electron chi connectivity index (χ4n) is 4.07. The third kappa shape index (κ3) is 5.95. The summed E-state index contributed by atoms with van der Waals surface area (Å²) in [5, 5.41) is 2.61. The molecule has 0 saturated heterocycles. The largest absolute Gasteiger partial charge is 0.416 e. The van der Waals surface area contributed by atoms with Crippen molar-refractivity contribution in [2.24, 2.45) is 0 Å². The molecule has 202 valence electrons. The number of nitrogens with one attached hydrogen (secondary N) is 2. The van der Waals surface area contributed by atoms with Crippen molar-refractivity contribution in [1.29, 1.82) is 0 Å². The van der Waals surface area contributed by atoms with E-state index in [4.69, 9.17) is 0 Å². The summed E-state index contributed by atoms with van der Waals surface area (Å²) in [5.74, 6) is 5.24. The summed E-state index contributed by atoms with van der Waals surface area (Å²) in [7, 11) is 0. The van der Waals surface area contributed by atoms with Crippen molar-refractivity contribution in [3.63, 3.8) is 0 Å². The number of hydrogen-bond acceptors (Lipinski definition) is 4. The van der Waals surface area contributed by atoms with Crippen LogP contribution in [0.3, 0.4) is 0 Å². The van der Waals surface area contributed by atoms with Crippen LogP contribution in [-0.4, -0.2) is 31.6 Å². The minimum atomic E-state index is -4.45. The molecule has 0 atom stereocenters. The second kappa shape index (κ2) is 11.4. The van der Waals surface area contributed by atoms with Crippen LogP contribution in [0.4, 0.5) is 13.2 Å². The summed E-state index contributed by atoms with van der Waals surface area (Å²) >= 11 is 0. The van der Waals surface area contributed by atoms with Gasteiger partial charge in [-0.1, -0.05) is 43.9 Å². The first-order valence-corrected chi connectivity index (χ1v) is 12.4. The summed E-state index contributed by atoms with van der Waals surface area (Å²) in [5.41, 5.74) is 0.0711. The third-order valence-corrected chi connectivity index (χ3v) is 5.94. The van der Waals surface area contributed by atoms with Gasteiger partial charge in [-0.3, -0.25) is 18.7 Å². The number of alkyl halides is 3. The first-order chi connectivity index (χ1) is 18.6. The van der Waals surface area contributed by atoms with E-state index >= 15 is 0 Å². The molecule has 0 spiro atoms. The van der Waals surface area contributed by atoms with Crippen molar-refractivity contribution >= 4 is 17.1 Å². The lowest BCUT2D eigenvalue weighted by atomic mass is 10.1. The van der Waals surface area contributed by atoms with Crippen LogP contribution < -0.4 is 16.6 Å². The maximum Gasteiger partial charge on any atom is 0.416 e. The second-order valence-corrected chi connectivity index (χ2v) is 8.82. The molecule has 0 aliphatic rings. The number of carbonyl (C=O) groups is 1. The molecular weight excluding hydrogens is 511 g/mol. The number of halogens is 3. The summed E-state index contributed by atoms with van der Waals surface area (Å²) in [4.78, 5) is 45.8. The van der Waals surface area contributed by atoms with Gasteiger partial charge in [-0.05, 0) is 43.2 Å². The van der Waals surface area contributed by atoms with E-state index in [-0.39, 0.29) is 23.3 Å². The summed E-state index contributed by atoms with van der Waals surface area (Å²) in [6, 6.07) is 11.1. The molecule has 0 saturated carbocycles. The number of carbonyl (C=O) groups excluding carboxylic acids is 1. The lowest BCUT2D eigenvalue weighted by Gasteiger charge is -2.09. The highest BCUT2D eigenvalue weighted by Crippen LogP contribution is 2.29. The minimum absolute atomic E-state index is 0.0562. The van der Waals surface area contributed by atoms with Crippen molar-refractivity contribution in [1.82, 2.24) is 24.4 Å². The van der Waals surface area contributed by atoms with Crippen LogP contribution >= 0.6 is 0 Å². The van der Waals surface area contributed by atoms with Gasteiger partial charge in [0.15, 0.2) is 5.65 Å². The molecule has 39 heavy (non-hydrogen) atoms. The van der Waals surface area contributed by atoms with E-state index in [9.17, 15) is 27.6 Å². The lowest BCUT2D eigenvalue weighted by Crippen LogP contribution is -2.40. The lowest BCUT2D eigenvalue weighted by molar-refractivity contribution is -0.137. The molecule has 2 N–H and O–H groups in total. The van der Waals surface area contributed by atoms with Crippen molar-refractivity contribution in [3.05, 3.63) is 86.1 Å². The van der Waals surface area contributed by atoms with E-state index in [0.717, 1.165) is 12.1 Å². The first-order valence-electron chi connectivity index (χ1n) is 12.4. The third-order valence-electron chi connectivity index (χ3n) is 5.94. The Bertz CT molecular complexity index is 1690. The Morgan fingerprint density at radius 3 is 2.38 bits per heavy atom. The molecule has 2 aromatic carbocycles. The monoisotopic (exact) mass is 537 g/mol. The van der Waals surface area contributed by atoms with E-state index in [2.05, 4.69) is 27.1 Å². The van der Waals surface area contributed by atoms with Crippen molar-refractivity contribution < 1.29 is 18.0 Å². The van der Waals surface area contributed by atoms with E-state index in [1.165, 1.54) is 21.3 Å². The molecule has 0 aliphatic heterocycles. The normalized spacial score (nSPS) is 11.3. The van der Waals surface area contributed by atoms with Crippen LogP contribution in [0.25, 0.3) is 22.6 Å². The molecule has 0 aliphatic carbocycles. The van der Waals surface area contributed by atoms with Crippen LogP contribution in [0.1, 0.15) is 48.2 Å². The van der Waals surface area contributed by atoms with Gasteiger partial charge in [0.2, 0.25) is 0 Å². The number of aromatic nitrogens is 4. The predicted octanol–water partition coefficient (Wildman–Crippen LogP) is 4.17. The summed E-state index contributed by atoms with van der Waals surface area (Å²) in [6.45, 7) is 4.49. The minimum Gasteiger partial charge on any atom is -0.341 e. The molecule has 0 bridgehead atoms. The number of benzene rings is 2. The summed E-state index contributed by atoms with van der Waals surface area (Å²) in [6.07, 6.45) is -3.13. The first kappa shape index (κ1) is 27.4. The number of aryl methyl sites for hydroxylation is 1. The average Bonchev–Trinajstić information content (AvgIpc) is 3.37. The SMILES string of the molecule is CCCn1c(=O)c2[nH]c(-c3ccc(C(=O)NCC#Cc4cccc(C(F)(F)F)c4)cc3)nc2n(CCC)c1=O. The fraction of sp³-hybridized carbons (Fsp3) is 0.286. The number of fused-ring (bicyclic) bond motifs is 1. The number of rotatable bonds is 7. The zero-order valence-corrected chi connectivity index (χ0v) is 21.4. The molecular formula is C28H26F3N5O3. The van der Waals surface area contributed by atoms with Crippen molar-refractivity contribution in [3.8, 4) is 23.2 Å². The molecule has 8 nitrogen and oxygen atoms in total. The molecule has 4 aromatic rings. The Morgan fingerprint density at radius 1 is 1.03 bits per heavy atom. The molecule has 0 unspecified atom stereocenters. The van der Waals surface area contributed by atoms with Crippen molar-refractivity contribution in [2.45, 2.75) is 46.0 Å².